The first-order valence-electron chi connectivity index (χ1n) is 15.9. The van der Waals surface area contributed by atoms with E-state index < -0.39 is 0 Å². The normalized spacial score (nSPS) is 12.0. The molecule has 0 bridgehead atoms. The van der Waals surface area contributed by atoms with Crippen LogP contribution in [0, 0.1) is 0 Å². The van der Waals surface area contributed by atoms with Crippen molar-refractivity contribution >= 4 is 74.1 Å². The number of hydrogen-bond acceptors (Lipinski definition) is 0. The van der Waals surface area contributed by atoms with E-state index in [4.69, 9.17) is 0 Å². The quantitative estimate of drug-likeness (QED) is 0.163. The lowest BCUT2D eigenvalue weighted by Crippen LogP contribution is -1.92. The second-order valence-corrected chi connectivity index (χ2v) is 11.8. The van der Waals surface area contributed by atoms with Gasteiger partial charge in [-0.25, -0.2) is 0 Å². The lowest BCUT2D eigenvalue weighted by molar-refractivity contribution is 0.827. The molecule has 8 rings (SSSR count). The lowest BCUT2D eigenvalue weighted by Gasteiger charge is -2.04. The molecule has 2 nitrogen and oxygen atoms in total. The summed E-state index contributed by atoms with van der Waals surface area (Å²) in [6.07, 6.45) is 10.7. The molecule has 0 radical (unpaired) electrons. The third-order valence-corrected chi connectivity index (χ3v) is 9.12. The van der Waals surface area contributed by atoms with Crippen LogP contribution < -0.4 is 0 Å². The highest BCUT2D eigenvalue weighted by atomic mass is 15.0. The van der Waals surface area contributed by atoms with Crippen molar-refractivity contribution in [1.82, 2.24) is 9.13 Å². The standard InChI is InChI=1S/C44H34N2/c1-3-45-41-11-7-5-9-37(41)39-29-33(21-27-43(39)45)15-13-31-17-23-35(24-18-31)36-25-19-32(20-26-36)14-16-34-22-28-44-40(30-34)38-10-6-8-12-42(38)46(44)4-2/h3,5-30H,1,4H2,2H3. The molecule has 0 fully saturated rings. The Morgan fingerprint density at radius 2 is 0.870 bits per heavy atom. The third-order valence-electron chi connectivity index (χ3n) is 9.12. The maximum atomic E-state index is 4.02. The Hall–Kier alpha value is -5.86. The second-order valence-electron chi connectivity index (χ2n) is 11.8. The Bertz CT molecular complexity index is 2450. The highest BCUT2D eigenvalue weighted by Gasteiger charge is 2.10. The molecule has 2 aromatic heterocycles. The van der Waals surface area contributed by atoms with Gasteiger partial charge in [0.25, 0.3) is 0 Å². The van der Waals surface area contributed by atoms with E-state index >= 15 is 0 Å². The predicted molar refractivity (Wildman–Crippen MR) is 201 cm³/mol. The van der Waals surface area contributed by atoms with E-state index in [1.807, 2.05) is 6.20 Å². The molecule has 8 aromatic rings. The van der Waals surface area contributed by atoms with Crippen LogP contribution in [0.15, 0.2) is 140 Å². The van der Waals surface area contributed by atoms with Crippen molar-refractivity contribution in [2.24, 2.45) is 0 Å². The van der Waals surface area contributed by atoms with Crippen LogP contribution in [0.1, 0.15) is 29.2 Å². The number of hydrogen-bond donors (Lipinski definition) is 0. The van der Waals surface area contributed by atoms with Crippen molar-refractivity contribution in [3.8, 4) is 11.1 Å². The molecule has 220 valence electrons. The summed E-state index contributed by atoms with van der Waals surface area (Å²) in [5, 5.41) is 5.12. The average molecular weight is 591 g/mol. The first-order valence-corrected chi connectivity index (χ1v) is 15.9. The number of benzene rings is 6. The summed E-state index contributed by atoms with van der Waals surface area (Å²) >= 11 is 0. The van der Waals surface area contributed by atoms with Gasteiger partial charge in [-0.2, -0.15) is 0 Å². The van der Waals surface area contributed by atoms with Crippen LogP contribution >= 0.6 is 0 Å². The Kier molecular flexibility index (Phi) is 6.96. The fourth-order valence-electron chi connectivity index (χ4n) is 6.79. The van der Waals surface area contributed by atoms with Gasteiger partial charge in [0, 0.05) is 45.3 Å². The van der Waals surface area contributed by atoms with Gasteiger partial charge < -0.3 is 9.13 Å². The summed E-state index contributed by atoms with van der Waals surface area (Å²) in [6, 6.07) is 48.2. The highest BCUT2D eigenvalue weighted by molar-refractivity contribution is 6.10. The molecule has 0 spiro atoms. The fraction of sp³-hybridized carbons (Fsp3) is 0.0455. The molecule has 0 unspecified atom stereocenters. The summed E-state index contributed by atoms with van der Waals surface area (Å²) in [5.41, 5.74) is 12.1. The molecule has 2 heteroatoms. The topological polar surface area (TPSA) is 9.86 Å². The maximum absolute atomic E-state index is 4.02. The molecule has 6 aromatic carbocycles. The van der Waals surface area contributed by atoms with Crippen LogP contribution in [0.25, 0.3) is 85.2 Å². The number of rotatable bonds is 7. The summed E-state index contributed by atoms with van der Waals surface area (Å²) in [5.74, 6) is 0. The third kappa shape index (κ3) is 4.85. The van der Waals surface area contributed by atoms with Gasteiger partial charge in [-0.1, -0.05) is 128 Å². The summed E-state index contributed by atoms with van der Waals surface area (Å²) in [6.45, 7) is 7.19. The number of aryl methyl sites for hydroxylation is 1. The van der Waals surface area contributed by atoms with E-state index in [9.17, 15) is 0 Å². The Labute approximate surface area is 269 Å². The summed E-state index contributed by atoms with van der Waals surface area (Å²) < 4.78 is 4.55. The van der Waals surface area contributed by atoms with Gasteiger partial charge in [0.15, 0.2) is 0 Å². The second kappa shape index (κ2) is 11.6. The van der Waals surface area contributed by atoms with Crippen molar-refractivity contribution in [3.05, 3.63) is 162 Å². The molecule has 0 N–H and O–H groups in total. The first kappa shape index (κ1) is 27.7. The number of para-hydroxylation sites is 2. The van der Waals surface area contributed by atoms with E-state index in [0.29, 0.717) is 0 Å². The predicted octanol–water partition coefficient (Wildman–Crippen LogP) is 12.0. The molecule has 0 saturated heterocycles. The van der Waals surface area contributed by atoms with Crippen molar-refractivity contribution in [2.45, 2.75) is 13.5 Å². The van der Waals surface area contributed by atoms with Crippen molar-refractivity contribution < 1.29 is 0 Å². The fourth-order valence-corrected chi connectivity index (χ4v) is 6.79. The number of fused-ring (bicyclic) bond motifs is 6. The van der Waals surface area contributed by atoms with Crippen molar-refractivity contribution in [3.63, 3.8) is 0 Å². The number of aromatic nitrogens is 2. The largest absolute Gasteiger partial charge is 0.341 e. The Morgan fingerprint density at radius 3 is 1.43 bits per heavy atom. The van der Waals surface area contributed by atoms with Crippen LogP contribution in [-0.4, -0.2) is 9.13 Å². The van der Waals surface area contributed by atoms with E-state index in [0.717, 1.165) is 6.54 Å². The lowest BCUT2D eigenvalue weighted by atomic mass is 10.0. The molecule has 2 heterocycles. The van der Waals surface area contributed by atoms with Gasteiger partial charge in [-0.3, -0.25) is 0 Å². The Balaban J connectivity index is 0.981. The van der Waals surface area contributed by atoms with Gasteiger partial charge in [0.2, 0.25) is 0 Å². The van der Waals surface area contributed by atoms with E-state index in [1.165, 1.54) is 77.0 Å². The van der Waals surface area contributed by atoms with Crippen molar-refractivity contribution in [1.29, 1.82) is 0 Å². The SMILES string of the molecule is C=Cn1c2ccccc2c2cc(C=Cc3ccc(-c4ccc(C=Cc5ccc6c(c5)c5ccccc5n6CC)cc4)cc3)ccc21. The van der Waals surface area contributed by atoms with Gasteiger partial charge in [0.1, 0.15) is 0 Å². The first-order chi connectivity index (χ1) is 22.7. The van der Waals surface area contributed by atoms with E-state index in [-0.39, 0.29) is 0 Å². The zero-order valence-electron chi connectivity index (χ0n) is 25.9. The zero-order chi connectivity index (χ0) is 31.0. The van der Waals surface area contributed by atoms with Crippen LogP contribution in [0.5, 0.6) is 0 Å². The molecule has 0 aliphatic heterocycles. The minimum Gasteiger partial charge on any atom is -0.341 e. The maximum Gasteiger partial charge on any atom is 0.0535 e. The van der Waals surface area contributed by atoms with Gasteiger partial charge in [-0.15, -0.1) is 0 Å². The van der Waals surface area contributed by atoms with Crippen LogP contribution in [0.2, 0.25) is 0 Å². The monoisotopic (exact) mass is 590 g/mol. The molecule has 0 saturated carbocycles. The van der Waals surface area contributed by atoms with E-state index in [2.05, 4.69) is 180 Å². The summed E-state index contributed by atoms with van der Waals surface area (Å²) in [4.78, 5) is 0. The van der Waals surface area contributed by atoms with Crippen molar-refractivity contribution in [2.75, 3.05) is 0 Å². The van der Waals surface area contributed by atoms with Crippen LogP contribution in [0.4, 0.5) is 0 Å². The molecule has 0 aliphatic carbocycles. The molecule has 0 aliphatic rings. The number of nitrogens with zero attached hydrogens (tertiary/aromatic N) is 2. The highest BCUT2D eigenvalue weighted by Crippen LogP contribution is 2.32. The van der Waals surface area contributed by atoms with Crippen LogP contribution in [-0.2, 0) is 6.54 Å². The minimum absolute atomic E-state index is 0.964. The molecular weight excluding hydrogens is 556 g/mol. The molecular formula is C44H34N2. The zero-order valence-corrected chi connectivity index (χ0v) is 25.9. The molecule has 0 atom stereocenters. The van der Waals surface area contributed by atoms with E-state index in [1.54, 1.807) is 0 Å². The van der Waals surface area contributed by atoms with Gasteiger partial charge in [0.05, 0.1) is 11.0 Å². The smallest absolute Gasteiger partial charge is 0.0535 e. The van der Waals surface area contributed by atoms with Gasteiger partial charge in [-0.05, 0) is 76.7 Å². The Morgan fingerprint density at radius 1 is 0.457 bits per heavy atom. The van der Waals surface area contributed by atoms with Gasteiger partial charge >= 0.3 is 0 Å². The minimum atomic E-state index is 0.964. The molecule has 0 amide bonds. The average Bonchev–Trinajstić information content (AvgIpc) is 3.61. The summed E-state index contributed by atoms with van der Waals surface area (Å²) in [7, 11) is 0. The molecule has 46 heavy (non-hydrogen) atoms. The van der Waals surface area contributed by atoms with Crippen LogP contribution in [0.3, 0.4) is 0 Å².